The molecule has 6 heteroatoms. The van der Waals surface area contributed by atoms with Gasteiger partial charge >= 0.3 is 0 Å². The van der Waals surface area contributed by atoms with Crippen LogP contribution >= 0.6 is 0 Å². The highest BCUT2D eigenvalue weighted by atomic mass is 16.1. The molecule has 3 heterocycles. The number of carbonyl (C=O) groups is 1. The number of pyridine rings is 1. The molecule has 0 unspecified atom stereocenters. The predicted octanol–water partition coefficient (Wildman–Crippen LogP) is 3.28. The maximum absolute atomic E-state index is 12.3. The predicted molar refractivity (Wildman–Crippen MR) is 114 cm³/mol. The van der Waals surface area contributed by atoms with Crippen LogP contribution in [-0.4, -0.2) is 54.0 Å². The minimum absolute atomic E-state index is 0.0361. The van der Waals surface area contributed by atoms with Crippen LogP contribution in [-0.2, 0) is 11.2 Å². The smallest absolute Gasteiger partial charge is 0.224 e. The summed E-state index contributed by atoms with van der Waals surface area (Å²) in [5, 5.41) is 4.20. The fourth-order valence-corrected chi connectivity index (χ4v) is 3.68. The average Bonchev–Trinajstić information content (AvgIpc) is 3.13. The number of carbonyl (C=O) groups excluding carboxylic acids is 1. The van der Waals surface area contributed by atoms with E-state index in [1.54, 1.807) is 6.20 Å². The number of aromatic amines is 1. The molecule has 0 aliphatic carbocycles. The molecular formula is C22H27N5O. The standard InChI is InChI=1S/C22H27N5O/c1-26-11-13-27(14-12-26)21-10-9-18(16-24-21)25-22(28)8-4-5-17-15-23-20-7-3-2-6-19(17)20/h2-3,6-7,9-10,15-16,23H,4-5,8,11-14H2,1H3,(H,25,28). The molecule has 1 fully saturated rings. The summed E-state index contributed by atoms with van der Waals surface area (Å²) >= 11 is 0. The van der Waals surface area contributed by atoms with Crippen LogP contribution in [0.2, 0.25) is 0 Å². The Labute approximate surface area is 165 Å². The third kappa shape index (κ3) is 4.34. The number of rotatable bonds is 6. The molecule has 3 aromatic rings. The number of fused-ring (bicyclic) bond motifs is 1. The highest BCUT2D eigenvalue weighted by Gasteiger charge is 2.15. The number of hydrogen-bond acceptors (Lipinski definition) is 4. The number of amides is 1. The summed E-state index contributed by atoms with van der Waals surface area (Å²) in [5.41, 5.74) is 3.17. The van der Waals surface area contributed by atoms with E-state index >= 15 is 0 Å². The van der Waals surface area contributed by atoms with E-state index in [9.17, 15) is 4.79 Å². The van der Waals surface area contributed by atoms with Crippen molar-refractivity contribution in [2.24, 2.45) is 0 Å². The van der Waals surface area contributed by atoms with Crippen molar-refractivity contribution >= 4 is 28.3 Å². The number of H-pyrrole nitrogens is 1. The summed E-state index contributed by atoms with van der Waals surface area (Å²) in [6.45, 7) is 4.08. The first kappa shape index (κ1) is 18.5. The van der Waals surface area contributed by atoms with Gasteiger partial charge in [-0.1, -0.05) is 18.2 Å². The van der Waals surface area contributed by atoms with Gasteiger partial charge in [-0.2, -0.15) is 0 Å². The zero-order chi connectivity index (χ0) is 19.3. The number of aryl methyl sites for hydroxylation is 1. The van der Waals surface area contributed by atoms with E-state index in [4.69, 9.17) is 0 Å². The van der Waals surface area contributed by atoms with Crippen molar-refractivity contribution in [3.05, 3.63) is 54.4 Å². The lowest BCUT2D eigenvalue weighted by Crippen LogP contribution is -2.44. The minimum atomic E-state index is 0.0361. The van der Waals surface area contributed by atoms with Gasteiger partial charge in [0.25, 0.3) is 0 Å². The zero-order valence-electron chi connectivity index (χ0n) is 16.3. The van der Waals surface area contributed by atoms with Gasteiger partial charge in [0.1, 0.15) is 5.82 Å². The number of para-hydroxylation sites is 1. The Morgan fingerprint density at radius 1 is 1.14 bits per heavy atom. The van der Waals surface area contributed by atoms with Gasteiger partial charge in [0.15, 0.2) is 0 Å². The minimum Gasteiger partial charge on any atom is -0.361 e. The van der Waals surface area contributed by atoms with Gasteiger partial charge in [0.05, 0.1) is 11.9 Å². The summed E-state index contributed by atoms with van der Waals surface area (Å²) in [4.78, 5) is 24.7. The lowest BCUT2D eigenvalue weighted by molar-refractivity contribution is -0.116. The maximum atomic E-state index is 12.3. The molecule has 0 radical (unpaired) electrons. The second-order valence-corrected chi connectivity index (χ2v) is 7.46. The molecule has 6 nitrogen and oxygen atoms in total. The zero-order valence-corrected chi connectivity index (χ0v) is 16.3. The van der Waals surface area contributed by atoms with Gasteiger partial charge in [0, 0.05) is 49.7 Å². The molecule has 0 atom stereocenters. The molecule has 0 saturated carbocycles. The molecular weight excluding hydrogens is 350 g/mol. The van der Waals surface area contributed by atoms with Gasteiger partial charge in [-0.3, -0.25) is 4.79 Å². The van der Waals surface area contributed by atoms with E-state index in [1.807, 2.05) is 30.5 Å². The van der Waals surface area contributed by atoms with Gasteiger partial charge < -0.3 is 20.1 Å². The van der Waals surface area contributed by atoms with Gasteiger partial charge in [0.2, 0.25) is 5.91 Å². The van der Waals surface area contributed by atoms with Gasteiger partial charge in [-0.15, -0.1) is 0 Å². The van der Waals surface area contributed by atoms with Crippen molar-refractivity contribution in [3.63, 3.8) is 0 Å². The third-order valence-corrected chi connectivity index (χ3v) is 5.38. The monoisotopic (exact) mass is 377 g/mol. The first-order valence-corrected chi connectivity index (χ1v) is 9.93. The van der Waals surface area contributed by atoms with E-state index in [2.05, 4.69) is 44.3 Å². The summed E-state index contributed by atoms with van der Waals surface area (Å²) < 4.78 is 0. The SMILES string of the molecule is CN1CCN(c2ccc(NC(=O)CCCc3c[nH]c4ccccc34)cn2)CC1. The molecule has 4 rings (SSSR count). The van der Waals surface area contributed by atoms with Crippen LogP contribution in [0.5, 0.6) is 0 Å². The van der Waals surface area contributed by atoms with E-state index in [0.29, 0.717) is 6.42 Å². The molecule has 2 N–H and O–H groups in total. The number of nitrogens with zero attached hydrogens (tertiary/aromatic N) is 3. The molecule has 146 valence electrons. The Bertz CT molecular complexity index is 926. The van der Waals surface area contributed by atoms with Crippen molar-refractivity contribution in [1.29, 1.82) is 0 Å². The summed E-state index contributed by atoms with van der Waals surface area (Å²) in [6, 6.07) is 12.2. The van der Waals surface area contributed by atoms with Gasteiger partial charge in [-0.25, -0.2) is 4.98 Å². The number of aromatic nitrogens is 2. The molecule has 1 aliphatic rings. The Balaban J connectivity index is 1.25. The van der Waals surface area contributed by atoms with Gasteiger partial charge in [-0.05, 0) is 43.7 Å². The van der Waals surface area contributed by atoms with E-state index in [-0.39, 0.29) is 5.91 Å². The Morgan fingerprint density at radius 2 is 1.96 bits per heavy atom. The number of likely N-dealkylation sites (N-methyl/N-ethyl adjacent to an activating group) is 1. The molecule has 2 aromatic heterocycles. The van der Waals surface area contributed by atoms with Crippen molar-refractivity contribution in [2.75, 3.05) is 43.4 Å². The number of nitrogens with one attached hydrogen (secondary N) is 2. The molecule has 1 aliphatic heterocycles. The number of anilines is 2. The van der Waals surface area contributed by atoms with Crippen LogP contribution in [0.15, 0.2) is 48.8 Å². The first-order valence-electron chi connectivity index (χ1n) is 9.93. The van der Waals surface area contributed by atoms with Crippen molar-refractivity contribution < 1.29 is 4.79 Å². The second kappa shape index (κ2) is 8.44. The fraction of sp³-hybridized carbons (Fsp3) is 0.364. The molecule has 1 aromatic carbocycles. The topological polar surface area (TPSA) is 64.3 Å². The molecule has 1 amide bonds. The second-order valence-electron chi connectivity index (χ2n) is 7.46. The lowest BCUT2D eigenvalue weighted by atomic mass is 10.1. The van der Waals surface area contributed by atoms with Crippen molar-refractivity contribution in [2.45, 2.75) is 19.3 Å². The third-order valence-electron chi connectivity index (χ3n) is 5.38. The Kier molecular flexibility index (Phi) is 5.58. The van der Waals surface area contributed by atoms with E-state index in [1.165, 1.54) is 10.9 Å². The highest BCUT2D eigenvalue weighted by molar-refractivity contribution is 5.90. The molecule has 0 spiro atoms. The van der Waals surface area contributed by atoms with Crippen LogP contribution in [0.1, 0.15) is 18.4 Å². The summed E-state index contributed by atoms with van der Waals surface area (Å²) in [7, 11) is 2.14. The molecule has 0 bridgehead atoms. The average molecular weight is 377 g/mol. The fourth-order valence-electron chi connectivity index (χ4n) is 3.68. The highest BCUT2D eigenvalue weighted by Crippen LogP contribution is 2.20. The molecule has 28 heavy (non-hydrogen) atoms. The van der Waals surface area contributed by atoms with E-state index in [0.717, 1.165) is 56.0 Å². The van der Waals surface area contributed by atoms with Crippen molar-refractivity contribution in [3.8, 4) is 0 Å². The van der Waals surface area contributed by atoms with Crippen LogP contribution in [0.25, 0.3) is 10.9 Å². The summed E-state index contributed by atoms with van der Waals surface area (Å²) in [5.74, 6) is 1.01. The Hall–Kier alpha value is -2.86. The van der Waals surface area contributed by atoms with Crippen LogP contribution in [0.4, 0.5) is 11.5 Å². The normalized spacial score (nSPS) is 15.1. The quantitative estimate of drug-likeness (QED) is 0.692. The lowest BCUT2D eigenvalue weighted by Gasteiger charge is -2.33. The van der Waals surface area contributed by atoms with Crippen molar-refractivity contribution in [1.82, 2.24) is 14.9 Å². The Morgan fingerprint density at radius 3 is 2.75 bits per heavy atom. The number of benzene rings is 1. The first-order chi connectivity index (χ1) is 13.7. The van der Waals surface area contributed by atoms with Crippen LogP contribution in [0, 0.1) is 0 Å². The maximum Gasteiger partial charge on any atom is 0.224 e. The van der Waals surface area contributed by atoms with Crippen LogP contribution in [0.3, 0.4) is 0 Å². The summed E-state index contributed by atoms with van der Waals surface area (Å²) in [6.07, 6.45) is 6.01. The molecule has 1 saturated heterocycles. The number of piperazine rings is 1. The van der Waals surface area contributed by atoms with E-state index < -0.39 is 0 Å². The largest absolute Gasteiger partial charge is 0.361 e. The number of hydrogen-bond donors (Lipinski definition) is 2. The van der Waals surface area contributed by atoms with Crippen LogP contribution < -0.4 is 10.2 Å².